The first-order chi connectivity index (χ1) is 14.9. The number of aryl methyl sites for hydroxylation is 3. The Balaban J connectivity index is 1.76. The molecule has 0 unspecified atom stereocenters. The predicted octanol–water partition coefficient (Wildman–Crippen LogP) is 6.07. The molecule has 2 aromatic heterocycles. The number of aromatic carboxylic acids is 1. The summed E-state index contributed by atoms with van der Waals surface area (Å²) in [5, 5.41) is 14.5. The van der Waals surface area contributed by atoms with Crippen LogP contribution in [0.3, 0.4) is 0 Å². The number of anilines is 2. The van der Waals surface area contributed by atoms with E-state index in [1.54, 1.807) is 12.1 Å². The van der Waals surface area contributed by atoms with E-state index >= 15 is 0 Å². The molecule has 2 heterocycles. The smallest absolute Gasteiger partial charge is 0.335 e. The molecule has 158 valence electrons. The highest BCUT2D eigenvalue weighted by molar-refractivity contribution is 5.95. The van der Waals surface area contributed by atoms with E-state index in [1.165, 1.54) is 0 Å². The monoisotopic (exact) mass is 415 g/mol. The molecule has 6 heteroatoms. The molecule has 0 atom stereocenters. The standard InChI is InChI=1S/C25H25N3O3/c1-5-20-21(6-2)27-24(22-11-14(3)15(4)31-22)28-23(20)26-19-10-9-16-12-18(25(29)30)8-7-17(16)13-19/h7-13H,5-6H2,1-4H3,(H,29,30)(H,26,27,28). The van der Waals surface area contributed by atoms with Crippen LogP contribution in [0.25, 0.3) is 22.4 Å². The van der Waals surface area contributed by atoms with Crippen molar-refractivity contribution in [2.45, 2.75) is 40.5 Å². The Morgan fingerprint density at radius 2 is 1.74 bits per heavy atom. The minimum Gasteiger partial charge on any atom is -0.478 e. The van der Waals surface area contributed by atoms with Crippen molar-refractivity contribution in [1.82, 2.24) is 9.97 Å². The van der Waals surface area contributed by atoms with Crippen molar-refractivity contribution in [1.29, 1.82) is 0 Å². The number of hydrogen-bond donors (Lipinski definition) is 2. The number of nitrogens with zero attached hydrogens (tertiary/aromatic N) is 2. The number of carboxylic acid groups (broad SMARTS) is 1. The fraction of sp³-hybridized carbons (Fsp3) is 0.240. The second kappa shape index (κ2) is 8.22. The van der Waals surface area contributed by atoms with Gasteiger partial charge in [-0.1, -0.05) is 26.0 Å². The largest absolute Gasteiger partial charge is 0.478 e. The average molecular weight is 415 g/mol. The average Bonchev–Trinajstić information content (AvgIpc) is 3.11. The van der Waals surface area contributed by atoms with E-state index in [2.05, 4.69) is 19.2 Å². The van der Waals surface area contributed by atoms with Crippen molar-refractivity contribution in [3.8, 4) is 11.6 Å². The molecular weight excluding hydrogens is 390 g/mol. The summed E-state index contributed by atoms with van der Waals surface area (Å²) in [6, 6.07) is 12.9. The Morgan fingerprint density at radius 3 is 2.39 bits per heavy atom. The lowest BCUT2D eigenvalue weighted by Crippen LogP contribution is -2.07. The van der Waals surface area contributed by atoms with Gasteiger partial charge in [-0.2, -0.15) is 0 Å². The van der Waals surface area contributed by atoms with E-state index in [0.29, 0.717) is 11.6 Å². The fourth-order valence-corrected chi connectivity index (χ4v) is 3.68. The number of nitrogens with one attached hydrogen (secondary N) is 1. The van der Waals surface area contributed by atoms with E-state index in [-0.39, 0.29) is 5.56 Å². The number of aromatic nitrogens is 2. The van der Waals surface area contributed by atoms with Gasteiger partial charge in [0.05, 0.1) is 5.56 Å². The second-order valence-corrected chi connectivity index (χ2v) is 7.58. The Labute approximate surface area is 181 Å². The lowest BCUT2D eigenvalue weighted by Gasteiger charge is -2.15. The molecule has 0 saturated carbocycles. The van der Waals surface area contributed by atoms with Crippen LogP contribution in [0, 0.1) is 13.8 Å². The fourth-order valence-electron chi connectivity index (χ4n) is 3.68. The number of carboxylic acids is 1. The molecule has 4 aromatic rings. The third-order valence-corrected chi connectivity index (χ3v) is 5.52. The van der Waals surface area contributed by atoms with Crippen LogP contribution in [0.15, 0.2) is 46.9 Å². The Hall–Kier alpha value is -3.67. The zero-order valence-electron chi connectivity index (χ0n) is 18.1. The van der Waals surface area contributed by atoms with Crippen LogP contribution < -0.4 is 5.32 Å². The van der Waals surface area contributed by atoms with Crippen LogP contribution in [0.1, 0.15) is 46.8 Å². The Morgan fingerprint density at radius 1 is 1.00 bits per heavy atom. The quantitative estimate of drug-likeness (QED) is 0.397. The van der Waals surface area contributed by atoms with Gasteiger partial charge in [-0.3, -0.25) is 0 Å². The predicted molar refractivity (Wildman–Crippen MR) is 122 cm³/mol. The Bertz CT molecular complexity index is 1270. The molecule has 31 heavy (non-hydrogen) atoms. The number of hydrogen-bond acceptors (Lipinski definition) is 5. The van der Waals surface area contributed by atoms with Gasteiger partial charge in [0.15, 0.2) is 11.6 Å². The third kappa shape index (κ3) is 4.01. The van der Waals surface area contributed by atoms with Crippen LogP contribution in [-0.2, 0) is 12.8 Å². The molecule has 0 amide bonds. The summed E-state index contributed by atoms with van der Waals surface area (Å²) in [4.78, 5) is 20.8. The van der Waals surface area contributed by atoms with Crippen molar-refractivity contribution >= 4 is 28.2 Å². The lowest BCUT2D eigenvalue weighted by atomic mass is 10.1. The molecule has 0 spiro atoms. The molecule has 0 aliphatic carbocycles. The number of fused-ring (bicyclic) bond motifs is 1. The molecule has 0 fully saturated rings. The topological polar surface area (TPSA) is 88.3 Å². The molecule has 2 aromatic carbocycles. The van der Waals surface area contributed by atoms with E-state index in [0.717, 1.165) is 57.7 Å². The molecular formula is C25H25N3O3. The maximum atomic E-state index is 11.2. The van der Waals surface area contributed by atoms with Crippen molar-refractivity contribution in [2.75, 3.05) is 5.32 Å². The highest BCUT2D eigenvalue weighted by Gasteiger charge is 2.17. The third-order valence-electron chi connectivity index (χ3n) is 5.52. The van der Waals surface area contributed by atoms with Gasteiger partial charge in [-0.05, 0) is 73.4 Å². The van der Waals surface area contributed by atoms with Gasteiger partial charge >= 0.3 is 5.97 Å². The number of furan rings is 1. The zero-order valence-corrected chi connectivity index (χ0v) is 18.1. The first-order valence-electron chi connectivity index (χ1n) is 10.4. The van der Waals surface area contributed by atoms with Crippen LogP contribution in [-0.4, -0.2) is 21.0 Å². The van der Waals surface area contributed by atoms with Crippen LogP contribution in [0.5, 0.6) is 0 Å². The summed E-state index contributed by atoms with van der Waals surface area (Å²) in [5.74, 6) is 1.92. The first-order valence-corrected chi connectivity index (χ1v) is 10.4. The van der Waals surface area contributed by atoms with Gasteiger partial charge in [0.25, 0.3) is 0 Å². The van der Waals surface area contributed by atoms with Gasteiger partial charge in [0.2, 0.25) is 0 Å². The van der Waals surface area contributed by atoms with E-state index in [9.17, 15) is 9.90 Å². The molecule has 6 nitrogen and oxygen atoms in total. The molecule has 0 aliphatic heterocycles. The molecule has 0 aliphatic rings. The minimum absolute atomic E-state index is 0.276. The molecule has 0 bridgehead atoms. The van der Waals surface area contributed by atoms with Crippen molar-refractivity contribution in [3.63, 3.8) is 0 Å². The summed E-state index contributed by atoms with van der Waals surface area (Å²) in [6.07, 6.45) is 1.60. The lowest BCUT2D eigenvalue weighted by molar-refractivity contribution is 0.0697. The van der Waals surface area contributed by atoms with E-state index in [4.69, 9.17) is 14.4 Å². The summed E-state index contributed by atoms with van der Waals surface area (Å²) >= 11 is 0. The molecule has 0 radical (unpaired) electrons. The SMILES string of the molecule is CCc1nc(-c2cc(C)c(C)o2)nc(Nc2ccc3cc(C(=O)O)ccc3c2)c1CC. The van der Waals surface area contributed by atoms with Crippen LogP contribution in [0.2, 0.25) is 0 Å². The van der Waals surface area contributed by atoms with Crippen molar-refractivity contribution in [2.24, 2.45) is 0 Å². The number of rotatable bonds is 6. The highest BCUT2D eigenvalue weighted by atomic mass is 16.4. The van der Waals surface area contributed by atoms with Gasteiger partial charge in [0, 0.05) is 16.9 Å². The van der Waals surface area contributed by atoms with E-state index < -0.39 is 5.97 Å². The minimum atomic E-state index is -0.930. The van der Waals surface area contributed by atoms with Gasteiger partial charge in [-0.15, -0.1) is 0 Å². The molecule has 2 N–H and O–H groups in total. The number of carbonyl (C=O) groups is 1. The maximum absolute atomic E-state index is 11.2. The first kappa shape index (κ1) is 20.6. The van der Waals surface area contributed by atoms with Gasteiger partial charge in [-0.25, -0.2) is 14.8 Å². The van der Waals surface area contributed by atoms with Crippen LogP contribution in [0.4, 0.5) is 11.5 Å². The number of benzene rings is 2. The van der Waals surface area contributed by atoms with Crippen molar-refractivity contribution < 1.29 is 14.3 Å². The summed E-state index contributed by atoms with van der Waals surface area (Å²) < 4.78 is 5.87. The van der Waals surface area contributed by atoms with Gasteiger partial charge in [0.1, 0.15) is 11.6 Å². The summed E-state index contributed by atoms with van der Waals surface area (Å²) in [5.41, 5.74) is 4.30. The second-order valence-electron chi connectivity index (χ2n) is 7.58. The molecule has 4 rings (SSSR count). The van der Waals surface area contributed by atoms with Gasteiger partial charge < -0.3 is 14.8 Å². The summed E-state index contributed by atoms with van der Waals surface area (Å²) in [7, 11) is 0. The maximum Gasteiger partial charge on any atom is 0.335 e. The summed E-state index contributed by atoms with van der Waals surface area (Å²) in [6.45, 7) is 8.12. The normalized spacial score (nSPS) is 11.1. The van der Waals surface area contributed by atoms with Crippen LogP contribution >= 0.6 is 0 Å². The molecule has 0 saturated heterocycles. The Kier molecular flexibility index (Phi) is 5.46. The van der Waals surface area contributed by atoms with E-state index in [1.807, 2.05) is 44.2 Å². The zero-order chi connectivity index (χ0) is 22.1. The van der Waals surface area contributed by atoms with Crippen molar-refractivity contribution in [3.05, 3.63) is 70.6 Å². The highest BCUT2D eigenvalue weighted by Crippen LogP contribution is 2.29.